The molecule has 1 aromatic carbocycles. The molecule has 3 N–H and O–H groups in total. The summed E-state index contributed by atoms with van der Waals surface area (Å²) in [6, 6.07) is 5.55. The van der Waals surface area contributed by atoms with Crippen molar-refractivity contribution >= 4 is 5.91 Å². The average molecular weight is 276 g/mol. The number of benzene rings is 1. The molecule has 1 amide bonds. The van der Waals surface area contributed by atoms with Crippen molar-refractivity contribution in [1.82, 2.24) is 10.3 Å². The first-order chi connectivity index (χ1) is 9.56. The number of carbonyl (C=O) groups excluding carboxylic acids is 1. The van der Waals surface area contributed by atoms with Crippen LogP contribution in [0.5, 0.6) is 11.5 Å². The summed E-state index contributed by atoms with van der Waals surface area (Å²) < 4.78 is 12.9. The molecule has 0 aliphatic heterocycles. The van der Waals surface area contributed by atoms with E-state index < -0.39 is 11.7 Å². The number of hydrogen-bond acceptors (Lipinski definition) is 4. The number of phenolic OH excluding ortho intramolecular Hbond substituents is 2. The molecule has 1 heterocycles. The van der Waals surface area contributed by atoms with Crippen molar-refractivity contribution in [3.63, 3.8) is 0 Å². The maximum atomic E-state index is 12.9. The Morgan fingerprint density at radius 3 is 2.70 bits per heavy atom. The lowest BCUT2D eigenvalue weighted by Gasteiger charge is -2.06. The van der Waals surface area contributed by atoms with Gasteiger partial charge >= 0.3 is 0 Å². The maximum absolute atomic E-state index is 12.9. The second-order valence-corrected chi connectivity index (χ2v) is 4.22. The number of nitrogens with one attached hydrogen (secondary N) is 1. The van der Waals surface area contributed by atoms with Gasteiger partial charge in [0.1, 0.15) is 5.82 Å². The largest absolute Gasteiger partial charge is 0.504 e. The van der Waals surface area contributed by atoms with Gasteiger partial charge in [-0.1, -0.05) is 6.07 Å². The topological polar surface area (TPSA) is 82.5 Å². The number of carbonyl (C=O) groups is 1. The number of hydrogen-bond donors (Lipinski definition) is 3. The summed E-state index contributed by atoms with van der Waals surface area (Å²) in [5, 5.41) is 21.1. The number of phenols is 2. The molecule has 0 bridgehead atoms. The number of aromatic nitrogens is 1. The fraction of sp³-hybridized carbons (Fsp3) is 0.143. The van der Waals surface area contributed by atoms with E-state index in [-0.39, 0.29) is 17.1 Å². The Morgan fingerprint density at radius 2 is 2.00 bits per heavy atom. The van der Waals surface area contributed by atoms with Gasteiger partial charge in [0.05, 0.1) is 11.8 Å². The number of halogens is 1. The summed E-state index contributed by atoms with van der Waals surface area (Å²) in [7, 11) is 0. The second kappa shape index (κ2) is 6.01. The van der Waals surface area contributed by atoms with E-state index in [0.717, 1.165) is 17.8 Å². The minimum Gasteiger partial charge on any atom is -0.504 e. The van der Waals surface area contributed by atoms with E-state index in [0.29, 0.717) is 13.0 Å². The highest BCUT2D eigenvalue weighted by molar-refractivity contribution is 5.93. The molecule has 0 aliphatic rings. The Kier molecular flexibility index (Phi) is 4.14. The standard InChI is InChI=1S/C14H13FN2O3/c15-11-6-10(7-16-8-11)14(20)17-4-3-9-1-2-12(18)13(19)5-9/h1-2,5-8,18-19H,3-4H2,(H,17,20). The van der Waals surface area contributed by atoms with Gasteiger partial charge in [-0.3, -0.25) is 9.78 Å². The van der Waals surface area contributed by atoms with E-state index in [1.807, 2.05) is 0 Å². The zero-order valence-corrected chi connectivity index (χ0v) is 10.5. The monoisotopic (exact) mass is 276 g/mol. The maximum Gasteiger partial charge on any atom is 0.252 e. The van der Waals surface area contributed by atoms with Gasteiger partial charge in [-0.05, 0) is 30.2 Å². The zero-order chi connectivity index (χ0) is 14.5. The van der Waals surface area contributed by atoms with Gasteiger partial charge in [-0.2, -0.15) is 0 Å². The number of rotatable bonds is 4. The quantitative estimate of drug-likeness (QED) is 0.741. The lowest BCUT2D eigenvalue weighted by atomic mass is 10.1. The lowest BCUT2D eigenvalue weighted by Crippen LogP contribution is -2.25. The van der Waals surface area contributed by atoms with Crippen LogP contribution < -0.4 is 5.32 Å². The van der Waals surface area contributed by atoms with Crippen LogP contribution in [0.4, 0.5) is 4.39 Å². The van der Waals surface area contributed by atoms with Crippen molar-refractivity contribution in [3.05, 3.63) is 53.6 Å². The van der Waals surface area contributed by atoms with Gasteiger partial charge in [-0.15, -0.1) is 0 Å². The predicted molar refractivity (Wildman–Crippen MR) is 70.0 cm³/mol. The number of pyridine rings is 1. The van der Waals surface area contributed by atoms with Crippen LogP contribution in [0, 0.1) is 5.82 Å². The molecule has 0 atom stereocenters. The van der Waals surface area contributed by atoms with Crippen LogP contribution in [0.2, 0.25) is 0 Å². The van der Waals surface area contributed by atoms with Gasteiger partial charge < -0.3 is 15.5 Å². The molecule has 104 valence electrons. The molecule has 0 aliphatic carbocycles. The van der Waals surface area contributed by atoms with E-state index in [1.54, 1.807) is 6.07 Å². The third kappa shape index (κ3) is 3.44. The van der Waals surface area contributed by atoms with E-state index >= 15 is 0 Å². The molecule has 0 saturated carbocycles. The first-order valence-electron chi connectivity index (χ1n) is 5.96. The fourth-order valence-electron chi connectivity index (χ4n) is 1.68. The van der Waals surface area contributed by atoms with Gasteiger partial charge in [0.25, 0.3) is 5.91 Å². The normalized spacial score (nSPS) is 10.2. The second-order valence-electron chi connectivity index (χ2n) is 4.22. The van der Waals surface area contributed by atoms with Crippen LogP contribution in [-0.2, 0) is 6.42 Å². The Labute approximate surface area is 114 Å². The van der Waals surface area contributed by atoms with Crippen LogP contribution in [0.1, 0.15) is 15.9 Å². The SMILES string of the molecule is O=C(NCCc1ccc(O)c(O)c1)c1cncc(F)c1. The number of aromatic hydroxyl groups is 2. The van der Waals surface area contributed by atoms with Crippen molar-refractivity contribution in [1.29, 1.82) is 0 Å². The summed E-state index contributed by atoms with van der Waals surface area (Å²) in [6.45, 7) is 0.319. The summed E-state index contributed by atoms with van der Waals surface area (Å²) in [4.78, 5) is 15.3. The Morgan fingerprint density at radius 1 is 1.20 bits per heavy atom. The first kappa shape index (κ1) is 13.8. The van der Waals surface area contributed by atoms with Crippen molar-refractivity contribution in [3.8, 4) is 11.5 Å². The highest BCUT2D eigenvalue weighted by Crippen LogP contribution is 2.24. The Balaban J connectivity index is 1.89. The molecular formula is C14H13FN2O3. The molecule has 0 spiro atoms. The van der Waals surface area contributed by atoms with Crippen LogP contribution in [0.3, 0.4) is 0 Å². The Bertz CT molecular complexity index is 632. The molecular weight excluding hydrogens is 263 g/mol. The average Bonchev–Trinajstić information content (AvgIpc) is 2.42. The predicted octanol–water partition coefficient (Wildman–Crippen LogP) is 1.60. The van der Waals surface area contributed by atoms with Crippen molar-refractivity contribution in [2.75, 3.05) is 6.54 Å². The van der Waals surface area contributed by atoms with Gasteiger partial charge in [0.2, 0.25) is 0 Å². The summed E-state index contributed by atoms with van der Waals surface area (Å²) in [5.41, 5.74) is 0.913. The third-order valence-corrected chi connectivity index (χ3v) is 2.71. The van der Waals surface area contributed by atoms with E-state index in [1.165, 1.54) is 18.3 Å². The fourth-order valence-corrected chi connectivity index (χ4v) is 1.68. The highest BCUT2D eigenvalue weighted by Gasteiger charge is 2.07. The minimum atomic E-state index is -0.568. The number of amides is 1. The molecule has 2 rings (SSSR count). The summed E-state index contributed by atoms with van der Waals surface area (Å²) in [6.07, 6.45) is 2.78. The number of nitrogens with zero attached hydrogens (tertiary/aromatic N) is 1. The van der Waals surface area contributed by atoms with Crippen molar-refractivity contribution in [2.45, 2.75) is 6.42 Å². The lowest BCUT2D eigenvalue weighted by molar-refractivity contribution is 0.0953. The van der Waals surface area contributed by atoms with E-state index in [2.05, 4.69) is 10.3 Å². The van der Waals surface area contributed by atoms with Crippen LogP contribution in [0.15, 0.2) is 36.7 Å². The molecule has 0 unspecified atom stereocenters. The van der Waals surface area contributed by atoms with Crippen LogP contribution >= 0.6 is 0 Å². The molecule has 0 fully saturated rings. The molecule has 20 heavy (non-hydrogen) atoms. The van der Waals surface area contributed by atoms with Crippen molar-refractivity contribution < 1.29 is 19.4 Å². The Hall–Kier alpha value is -2.63. The minimum absolute atomic E-state index is 0.151. The summed E-state index contributed by atoms with van der Waals surface area (Å²) >= 11 is 0. The molecule has 1 aromatic heterocycles. The molecule has 6 heteroatoms. The molecule has 0 saturated heterocycles. The van der Waals surface area contributed by atoms with Crippen molar-refractivity contribution in [2.24, 2.45) is 0 Å². The van der Waals surface area contributed by atoms with Crippen LogP contribution in [0.25, 0.3) is 0 Å². The zero-order valence-electron chi connectivity index (χ0n) is 10.5. The van der Waals surface area contributed by atoms with E-state index in [9.17, 15) is 14.3 Å². The first-order valence-corrected chi connectivity index (χ1v) is 5.96. The van der Waals surface area contributed by atoms with Crippen LogP contribution in [-0.4, -0.2) is 27.6 Å². The van der Waals surface area contributed by atoms with Gasteiger partial charge in [0, 0.05) is 12.7 Å². The molecule has 0 radical (unpaired) electrons. The highest BCUT2D eigenvalue weighted by atomic mass is 19.1. The van der Waals surface area contributed by atoms with E-state index in [4.69, 9.17) is 5.11 Å². The van der Waals surface area contributed by atoms with Gasteiger partial charge in [-0.25, -0.2) is 4.39 Å². The molecule has 5 nitrogen and oxygen atoms in total. The molecule has 2 aromatic rings. The third-order valence-electron chi connectivity index (χ3n) is 2.71. The smallest absolute Gasteiger partial charge is 0.252 e. The summed E-state index contributed by atoms with van der Waals surface area (Å²) in [5.74, 6) is -1.38. The van der Waals surface area contributed by atoms with Gasteiger partial charge in [0.15, 0.2) is 11.5 Å².